The maximum atomic E-state index is 11.5. The van der Waals surface area contributed by atoms with E-state index in [2.05, 4.69) is 11.9 Å². The van der Waals surface area contributed by atoms with Crippen molar-refractivity contribution in [2.24, 2.45) is 0 Å². The van der Waals surface area contributed by atoms with Gasteiger partial charge in [-0.05, 0) is 31.0 Å². The highest BCUT2D eigenvalue weighted by Crippen LogP contribution is 2.27. The summed E-state index contributed by atoms with van der Waals surface area (Å²) in [6.07, 6.45) is 12.7. The standard InChI is InChI=1S/C22H36N2O6S3/c1-2-3-4-5-6-7-8-9-10-11-16-31-22-23-20-14-13-19(33(28,29)30)18-21(20)24(22)15-12-17-32(25,26)27/h13-14,18H,2-12,15-17H2,1H3,(H,25,26,27)(H,28,29,30). The van der Waals surface area contributed by atoms with Crippen molar-refractivity contribution in [2.75, 3.05) is 11.5 Å². The van der Waals surface area contributed by atoms with Gasteiger partial charge in [0.25, 0.3) is 20.2 Å². The van der Waals surface area contributed by atoms with Crippen LogP contribution in [-0.4, -0.2) is 47.0 Å². The van der Waals surface area contributed by atoms with Crippen molar-refractivity contribution < 1.29 is 25.9 Å². The number of unbranched alkanes of at least 4 members (excludes halogenated alkanes) is 9. The maximum absolute atomic E-state index is 11.5. The summed E-state index contributed by atoms with van der Waals surface area (Å²) in [4.78, 5) is 4.33. The van der Waals surface area contributed by atoms with Crippen LogP contribution in [0.25, 0.3) is 11.0 Å². The average Bonchev–Trinajstić information content (AvgIpc) is 3.07. The lowest BCUT2D eigenvalue weighted by molar-refractivity contribution is 0.477. The minimum Gasteiger partial charge on any atom is -0.319 e. The number of nitrogens with zero attached hydrogens (tertiary/aromatic N) is 2. The summed E-state index contributed by atoms with van der Waals surface area (Å²) in [5.41, 5.74) is 1.07. The predicted octanol–water partition coefficient (Wildman–Crippen LogP) is 5.57. The van der Waals surface area contributed by atoms with Gasteiger partial charge in [-0.1, -0.05) is 76.5 Å². The summed E-state index contributed by atoms with van der Waals surface area (Å²) >= 11 is 1.55. The molecule has 0 aliphatic heterocycles. The molecule has 1 aromatic heterocycles. The van der Waals surface area contributed by atoms with Crippen molar-refractivity contribution in [3.05, 3.63) is 18.2 Å². The van der Waals surface area contributed by atoms with Gasteiger partial charge < -0.3 is 4.57 Å². The highest BCUT2D eigenvalue weighted by molar-refractivity contribution is 7.99. The molecule has 0 amide bonds. The van der Waals surface area contributed by atoms with Crippen molar-refractivity contribution in [3.63, 3.8) is 0 Å². The van der Waals surface area contributed by atoms with Crippen molar-refractivity contribution in [3.8, 4) is 0 Å². The van der Waals surface area contributed by atoms with Gasteiger partial charge in [-0.3, -0.25) is 9.11 Å². The largest absolute Gasteiger partial charge is 0.319 e. The fraction of sp³-hybridized carbons (Fsp3) is 0.682. The van der Waals surface area contributed by atoms with E-state index in [9.17, 15) is 21.4 Å². The monoisotopic (exact) mass is 520 g/mol. The van der Waals surface area contributed by atoms with Gasteiger partial charge >= 0.3 is 0 Å². The molecule has 0 unspecified atom stereocenters. The molecular weight excluding hydrogens is 484 g/mol. The molecule has 188 valence electrons. The highest BCUT2D eigenvalue weighted by atomic mass is 32.2. The lowest BCUT2D eigenvalue weighted by atomic mass is 10.1. The molecule has 0 atom stereocenters. The number of hydrogen-bond donors (Lipinski definition) is 2. The minimum atomic E-state index is -4.37. The van der Waals surface area contributed by atoms with Gasteiger partial charge in [0.1, 0.15) is 0 Å². The van der Waals surface area contributed by atoms with E-state index in [4.69, 9.17) is 4.55 Å². The van der Waals surface area contributed by atoms with Crippen LogP contribution in [0.2, 0.25) is 0 Å². The number of aryl methyl sites for hydroxylation is 1. The molecule has 0 spiro atoms. The zero-order valence-electron chi connectivity index (χ0n) is 19.3. The Bertz CT molecular complexity index is 1080. The Morgan fingerprint density at radius 3 is 2.06 bits per heavy atom. The third-order valence-electron chi connectivity index (χ3n) is 5.50. The summed E-state index contributed by atoms with van der Waals surface area (Å²) < 4.78 is 65.4. The van der Waals surface area contributed by atoms with Crippen LogP contribution in [0.5, 0.6) is 0 Å². The van der Waals surface area contributed by atoms with Crippen LogP contribution in [0, 0.1) is 0 Å². The fourth-order valence-corrected chi connectivity index (χ4v) is 5.76. The van der Waals surface area contributed by atoms with Crippen molar-refractivity contribution in [1.29, 1.82) is 0 Å². The number of benzene rings is 1. The van der Waals surface area contributed by atoms with E-state index in [1.165, 1.54) is 69.6 Å². The molecule has 1 heterocycles. The SMILES string of the molecule is CCCCCCCCCCCCSc1nc2ccc(S(=O)(=O)O)cc2n1CCCS(=O)(=O)O. The number of imidazole rings is 1. The lowest BCUT2D eigenvalue weighted by Gasteiger charge is -2.09. The minimum absolute atomic E-state index is 0.159. The first kappa shape index (κ1) is 28.1. The molecule has 0 bridgehead atoms. The molecule has 0 fully saturated rings. The number of fused-ring (bicyclic) bond motifs is 1. The highest BCUT2D eigenvalue weighted by Gasteiger charge is 2.17. The van der Waals surface area contributed by atoms with Crippen LogP contribution in [0.3, 0.4) is 0 Å². The average molecular weight is 521 g/mol. The molecule has 0 saturated carbocycles. The van der Waals surface area contributed by atoms with Crippen LogP contribution in [0.15, 0.2) is 28.3 Å². The number of thioether (sulfide) groups is 1. The smallest absolute Gasteiger partial charge is 0.294 e. The topological polar surface area (TPSA) is 127 Å². The maximum Gasteiger partial charge on any atom is 0.294 e. The van der Waals surface area contributed by atoms with Crippen LogP contribution < -0.4 is 0 Å². The van der Waals surface area contributed by atoms with E-state index in [0.29, 0.717) is 16.2 Å². The molecular formula is C22H36N2O6S3. The number of aromatic nitrogens is 2. The van der Waals surface area contributed by atoms with Gasteiger partial charge in [0, 0.05) is 12.3 Å². The quantitative estimate of drug-likeness (QED) is 0.157. The third-order valence-corrected chi connectivity index (χ3v) is 8.21. The predicted molar refractivity (Wildman–Crippen MR) is 133 cm³/mol. The Kier molecular flexibility index (Phi) is 11.6. The molecule has 0 aliphatic rings. The fourth-order valence-electron chi connectivity index (χ4n) is 3.73. The summed E-state index contributed by atoms with van der Waals surface area (Å²) in [6.45, 7) is 2.48. The molecule has 0 radical (unpaired) electrons. The Hall–Kier alpha value is -1.14. The zero-order valence-corrected chi connectivity index (χ0v) is 21.7. The summed E-state index contributed by atoms with van der Waals surface area (Å²) in [5, 5.41) is 0.670. The van der Waals surface area contributed by atoms with E-state index < -0.39 is 26.0 Å². The Morgan fingerprint density at radius 2 is 1.48 bits per heavy atom. The second-order valence-corrected chi connectivity index (χ2v) is 12.4. The summed E-state index contributed by atoms with van der Waals surface area (Å²) in [6, 6.07) is 4.17. The van der Waals surface area contributed by atoms with Crippen LogP contribution >= 0.6 is 11.8 Å². The molecule has 1 aromatic carbocycles. The van der Waals surface area contributed by atoms with Crippen LogP contribution in [0.1, 0.15) is 77.6 Å². The van der Waals surface area contributed by atoms with E-state index in [1.54, 1.807) is 16.3 Å². The first-order valence-corrected chi connectivity index (χ1v) is 15.7. The van der Waals surface area contributed by atoms with E-state index >= 15 is 0 Å². The van der Waals surface area contributed by atoms with E-state index in [0.717, 1.165) is 18.6 Å². The Labute approximate surface area is 202 Å². The first-order valence-electron chi connectivity index (χ1n) is 11.7. The van der Waals surface area contributed by atoms with Gasteiger partial charge in [-0.15, -0.1) is 0 Å². The molecule has 33 heavy (non-hydrogen) atoms. The summed E-state index contributed by atoms with van der Waals surface area (Å²) in [7, 11) is -8.46. The van der Waals surface area contributed by atoms with Gasteiger partial charge in [0.15, 0.2) is 5.16 Å². The number of hydrogen-bond acceptors (Lipinski definition) is 6. The molecule has 2 rings (SSSR count). The lowest BCUT2D eigenvalue weighted by Crippen LogP contribution is -2.09. The van der Waals surface area contributed by atoms with Gasteiger partial charge in [0.05, 0.1) is 21.7 Å². The van der Waals surface area contributed by atoms with Crippen molar-refractivity contribution in [2.45, 2.75) is 94.1 Å². The Morgan fingerprint density at radius 1 is 0.879 bits per heavy atom. The Balaban J connectivity index is 1.93. The third kappa shape index (κ3) is 10.3. The van der Waals surface area contributed by atoms with Crippen LogP contribution in [-0.2, 0) is 26.8 Å². The zero-order chi connectivity index (χ0) is 24.3. The van der Waals surface area contributed by atoms with Crippen molar-refractivity contribution >= 4 is 43.0 Å². The van der Waals surface area contributed by atoms with Crippen molar-refractivity contribution in [1.82, 2.24) is 9.55 Å². The van der Waals surface area contributed by atoms with Gasteiger partial charge in [0.2, 0.25) is 0 Å². The second-order valence-electron chi connectivity index (χ2n) is 8.34. The second kappa shape index (κ2) is 13.7. The van der Waals surface area contributed by atoms with Gasteiger partial charge in [-0.2, -0.15) is 16.8 Å². The first-order chi connectivity index (χ1) is 15.6. The van der Waals surface area contributed by atoms with Gasteiger partial charge in [-0.25, -0.2) is 4.98 Å². The molecule has 2 aromatic rings. The number of rotatable bonds is 17. The van der Waals surface area contributed by atoms with Crippen LogP contribution in [0.4, 0.5) is 0 Å². The summed E-state index contributed by atoms with van der Waals surface area (Å²) in [5.74, 6) is 0.455. The molecule has 11 heteroatoms. The molecule has 8 nitrogen and oxygen atoms in total. The normalized spacial score (nSPS) is 12.6. The van der Waals surface area contributed by atoms with E-state index in [-0.39, 0.29) is 17.9 Å². The molecule has 0 aliphatic carbocycles. The van der Waals surface area contributed by atoms with E-state index in [1.807, 2.05) is 0 Å². The molecule has 0 saturated heterocycles. The molecule has 2 N–H and O–H groups in total.